The molecule has 0 saturated carbocycles. The summed E-state index contributed by atoms with van der Waals surface area (Å²) >= 11 is 0. The zero-order valence-corrected chi connectivity index (χ0v) is 17.2. The lowest BCUT2D eigenvalue weighted by atomic mass is 10.1. The Labute approximate surface area is 179 Å². The maximum Gasteiger partial charge on any atom is 0.291 e. The molecule has 0 radical (unpaired) electrons. The van der Waals surface area contributed by atoms with Crippen molar-refractivity contribution in [1.29, 1.82) is 0 Å². The molecule has 2 aromatic carbocycles. The average molecular weight is 414 g/mol. The fraction of sp³-hybridized carbons (Fsp3) is 0.200. The number of fused-ring (bicyclic) bond motifs is 2. The topological polar surface area (TPSA) is 73.6 Å². The molecule has 0 fully saturated rings. The van der Waals surface area contributed by atoms with Crippen molar-refractivity contribution in [3.8, 4) is 11.5 Å². The first-order valence-electron chi connectivity index (χ1n) is 10.3. The van der Waals surface area contributed by atoms with Gasteiger partial charge in [-0.05, 0) is 72.9 Å². The second-order valence-corrected chi connectivity index (χ2v) is 7.58. The maximum atomic E-state index is 12.6. The Hall–Kier alpha value is -3.80. The zero-order chi connectivity index (χ0) is 21.2. The standard InChI is InChI=1S/C25H22N2O4/c1-29-20-7-6-18-11-19(14-26-23(18)13-20)27-25(28)24-10-9-22(31-24)15-30-21-8-5-16-3-2-4-17(16)12-21/h5-14H,2-4,15H2,1H3,(H,27,28). The van der Waals surface area contributed by atoms with E-state index in [4.69, 9.17) is 13.9 Å². The number of amides is 1. The molecule has 1 N–H and O–H groups in total. The Kier molecular flexibility index (Phi) is 5.04. The average Bonchev–Trinajstić information content (AvgIpc) is 3.46. The molecule has 4 aromatic rings. The molecule has 0 atom stereocenters. The number of pyridine rings is 1. The number of nitrogens with one attached hydrogen (secondary N) is 1. The molecule has 2 aromatic heterocycles. The fourth-order valence-corrected chi connectivity index (χ4v) is 3.86. The Morgan fingerprint density at radius 3 is 2.81 bits per heavy atom. The second kappa shape index (κ2) is 8.14. The molecule has 6 heteroatoms. The van der Waals surface area contributed by atoms with Gasteiger partial charge in [-0.25, -0.2) is 0 Å². The van der Waals surface area contributed by atoms with E-state index in [9.17, 15) is 4.79 Å². The van der Waals surface area contributed by atoms with Gasteiger partial charge in [0.1, 0.15) is 23.9 Å². The number of carbonyl (C=O) groups is 1. The highest BCUT2D eigenvalue weighted by atomic mass is 16.5. The number of hydrogen-bond donors (Lipinski definition) is 1. The molecule has 0 saturated heterocycles. The van der Waals surface area contributed by atoms with E-state index in [0.717, 1.165) is 35.2 Å². The second-order valence-electron chi connectivity index (χ2n) is 7.58. The summed E-state index contributed by atoms with van der Waals surface area (Å²) in [6.07, 6.45) is 5.07. The van der Waals surface area contributed by atoms with Crippen molar-refractivity contribution in [2.24, 2.45) is 0 Å². The van der Waals surface area contributed by atoms with Crippen molar-refractivity contribution in [1.82, 2.24) is 4.98 Å². The molecule has 5 rings (SSSR count). The lowest BCUT2D eigenvalue weighted by Gasteiger charge is -2.07. The predicted molar refractivity (Wildman–Crippen MR) is 118 cm³/mol. The van der Waals surface area contributed by atoms with Crippen LogP contribution in [0.1, 0.15) is 33.9 Å². The van der Waals surface area contributed by atoms with Crippen LogP contribution in [-0.4, -0.2) is 18.0 Å². The minimum atomic E-state index is -0.335. The van der Waals surface area contributed by atoms with Crippen LogP contribution in [0.2, 0.25) is 0 Å². The summed E-state index contributed by atoms with van der Waals surface area (Å²) < 4.78 is 16.7. The summed E-state index contributed by atoms with van der Waals surface area (Å²) in [5, 5.41) is 3.73. The molecule has 0 unspecified atom stereocenters. The molecular formula is C25H22N2O4. The number of methoxy groups -OCH3 is 1. The van der Waals surface area contributed by atoms with Gasteiger partial charge in [0.25, 0.3) is 5.91 Å². The Balaban J connectivity index is 1.23. The lowest BCUT2D eigenvalue weighted by Crippen LogP contribution is -2.11. The number of anilines is 1. The molecule has 1 amide bonds. The SMILES string of the molecule is COc1ccc2cc(NC(=O)c3ccc(COc4ccc5c(c4)CCC5)o3)cnc2c1. The van der Waals surface area contributed by atoms with E-state index < -0.39 is 0 Å². The molecule has 31 heavy (non-hydrogen) atoms. The first-order valence-corrected chi connectivity index (χ1v) is 10.3. The quantitative estimate of drug-likeness (QED) is 0.472. The van der Waals surface area contributed by atoms with Crippen molar-refractivity contribution >= 4 is 22.5 Å². The summed E-state index contributed by atoms with van der Waals surface area (Å²) in [5.74, 6) is 2.04. The highest BCUT2D eigenvalue weighted by Gasteiger charge is 2.14. The van der Waals surface area contributed by atoms with Crippen LogP contribution in [0.3, 0.4) is 0 Å². The van der Waals surface area contributed by atoms with Gasteiger partial charge in [-0.3, -0.25) is 9.78 Å². The van der Waals surface area contributed by atoms with Crippen LogP contribution in [-0.2, 0) is 19.4 Å². The predicted octanol–water partition coefficient (Wildman–Crippen LogP) is 5.16. The number of hydrogen-bond acceptors (Lipinski definition) is 5. The zero-order valence-electron chi connectivity index (χ0n) is 17.2. The number of rotatable bonds is 6. The van der Waals surface area contributed by atoms with Gasteiger partial charge in [0, 0.05) is 11.5 Å². The van der Waals surface area contributed by atoms with E-state index >= 15 is 0 Å². The van der Waals surface area contributed by atoms with Crippen molar-refractivity contribution in [2.45, 2.75) is 25.9 Å². The molecule has 0 bridgehead atoms. The third-order valence-electron chi connectivity index (χ3n) is 5.49. The first kappa shape index (κ1) is 19.2. The number of aryl methyl sites for hydroxylation is 2. The van der Waals surface area contributed by atoms with E-state index in [0.29, 0.717) is 11.4 Å². The van der Waals surface area contributed by atoms with Crippen molar-refractivity contribution < 1.29 is 18.7 Å². The van der Waals surface area contributed by atoms with Gasteiger partial charge in [0.05, 0.1) is 24.5 Å². The Bertz CT molecular complexity index is 1260. The van der Waals surface area contributed by atoms with E-state index in [1.807, 2.05) is 30.3 Å². The third kappa shape index (κ3) is 4.10. The first-order chi connectivity index (χ1) is 15.2. The van der Waals surface area contributed by atoms with Gasteiger partial charge in [-0.1, -0.05) is 6.07 Å². The molecular weight excluding hydrogens is 392 g/mol. The summed E-state index contributed by atoms with van der Waals surface area (Å²) in [7, 11) is 1.62. The number of nitrogens with zero attached hydrogens (tertiary/aromatic N) is 1. The monoisotopic (exact) mass is 414 g/mol. The number of ether oxygens (including phenoxy) is 2. The molecule has 0 aliphatic heterocycles. The number of benzene rings is 2. The van der Waals surface area contributed by atoms with E-state index in [1.165, 1.54) is 17.5 Å². The van der Waals surface area contributed by atoms with Crippen molar-refractivity contribution in [2.75, 3.05) is 12.4 Å². The van der Waals surface area contributed by atoms with Crippen LogP contribution in [0.5, 0.6) is 11.5 Å². The number of aromatic nitrogens is 1. The van der Waals surface area contributed by atoms with Gasteiger partial charge < -0.3 is 19.2 Å². The van der Waals surface area contributed by atoms with Gasteiger partial charge in [0.2, 0.25) is 0 Å². The molecule has 2 heterocycles. The van der Waals surface area contributed by atoms with Crippen LogP contribution < -0.4 is 14.8 Å². The Morgan fingerprint density at radius 2 is 1.90 bits per heavy atom. The van der Waals surface area contributed by atoms with Gasteiger partial charge in [-0.2, -0.15) is 0 Å². The highest BCUT2D eigenvalue weighted by molar-refractivity contribution is 6.03. The van der Waals surface area contributed by atoms with E-state index in [-0.39, 0.29) is 18.3 Å². The van der Waals surface area contributed by atoms with E-state index in [2.05, 4.69) is 22.4 Å². The van der Waals surface area contributed by atoms with Gasteiger partial charge in [-0.15, -0.1) is 0 Å². The van der Waals surface area contributed by atoms with Gasteiger partial charge in [0.15, 0.2) is 5.76 Å². The number of furan rings is 1. The largest absolute Gasteiger partial charge is 0.497 e. The summed E-state index contributed by atoms with van der Waals surface area (Å²) in [6.45, 7) is 0.269. The summed E-state index contributed by atoms with van der Waals surface area (Å²) in [4.78, 5) is 17.0. The molecule has 1 aliphatic carbocycles. The van der Waals surface area contributed by atoms with E-state index in [1.54, 1.807) is 25.4 Å². The number of carbonyl (C=O) groups excluding carboxylic acids is 1. The smallest absolute Gasteiger partial charge is 0.291 e. The van der Waals surface area contributed by atoms with Crippen LogP contribution in [0.25, 0.3) is 10.9 Å². The maximum absolute atomic E-state index is 12.6. The molecule has 0 spiro atoms. The lowest BCUT2D eigenvalue weighted by molar-refractivity contribution is 0.0992. The van der Waals surface area contributed by atoms with Crippen molar-refractivity contribution in [3.63, 3.8) is 0 Å². The van der Waals surface area contributed by atoms with Crippen LogP contribution >= 0.6 is 0 Å². The van der Waals surface area contributed by atoms with Crippen LogP contribution in [0.4, 0.5) is 5.69 Å². The van der Waals surface area contributed by atoms with Crippen LogP contribution in [0.15, 0.2) is 65.2 Å². The Morgan fingerprint density at radius 1 is 1.03 bits per heavy atom. The normalized spacial score (nSPS) is 12.5. The molecule has 156 valence electrons. The summed E-state index contributed by atoms with van der Waals surface area (Å²) in [5.41, 5.74) is 4.16. The minimum absolute atomic E-state index is 0.224. The summed E-state index contributed by atoms with van der Waals surface area (Å²) in [6, 6.07) is 17.1. The highest BCUT2D eigenvalue weighted by Crippen LogP contribution is 2.27. The third-order valence-corrected chi connectivity index (χ3v) is 5.49. The molecule has 6 nitrogen and oxygen atoms in total. The minimum Gasteiger partial charge on any atom is -0.497 e. The fourth-order valence-electron chi connectivity index (χ4n) is 3.86. The van der Waals surface area contributed by atoms with Gasteiger partial charge >= 0.3 is 0 Å². The molecule has 1 aliphatic rings. The van der Waals surface area contributed by atoms with Crippen LogP contribution in [0, 0.1) is 0 Å². The van der Waals surface area contributed by atoms with Crippen molar-refractivity contribution in [3.05, 3.63) is 83.4 Å².